The second-order valence-corrected chi connectivity index (χ2v) is 7.84. The van der Waals surface area contributed by atoms with E-state index in [2.05, 4.69) is 36.5 Å². The number of nitrogens with one attached hydrogen (secondary N) is 1. The number of nitrogens with zero attached hydrogens (tertiary/aromatic N) is 1. The van der Waals surface area contributed by atoms with Crippen molar-refractivity contribution in [1.82, 2.24) is 10.2 Å². The fourth-order valence-corrected chi connectivity index (χ4v) is 4.19. The topological polar surface area (TPSA) is 49.4 Å². The minimum atomic E-state index is 0.0986. The Hall–Kier alpha value is -1.84. The van der Waals surface area contributed by atoms with Crippen LogP contribution in [0.1, 0.15) is 63.0 Å². The van der Waals surface area contributed by atoms with E-state index in [9.17, 15) is 9.59 Å². The molecule has 0 radical (unpaired) electrons. The first-order valence-corrected chi connectivity index (χ1v) is 10.3. The van der Waals surface area contributed by atoms with Crippen LogP contribution in [-0.4, -0.2) is 35.8 Å². The molecule has 2 amide bonds. The minimum absolute atomic E-state index is 0.0986. The minimum Gasteiger partial charge on any atom is -0.352 e. The van der Waals surface area contributed by atoms with E-state index < -0.39 is 0 Å². The van der Waals surface area contributed by atoms with Crippen molar-refractivity contribution in [2.24, 2.45) is 5.92 Å². The molecular weight excluding hydrogens is 324 g/mol. The van der Waals surface area contributed by atoms with Gasteiger partial charge in [-0.15, -0.1) is 0 Å². The molecule has 0 bridgehead atoms. The van der Waals surface area contributed by atoms with Gasteiger partial charge in [-0.2, -0.15) is 0 Å². The van der Waals surface area contributed by atoms with Gasteiger partial charge in [0, 0.05) is 31.5 Å². The summed E-state index contributed by atoms with van der Waals surface area (Å²) in [5, 5.41) is 3.13. The zero-order valence-electron chi connectivity index (χ0n) is 16.0. The van der Waals surface area contributed by atoms with E-state index in [1.165, 1.54) is 30.4 Å². The van der Waals surface area contributed by atoms with Crippen LogP contribution < -0.4 is 5.32 Å². The summed E-state index contributed by atoms with van der Waals surface area (Å²) >= 11 is 0. The van der Waals surface area contributed by atoms with Crippen LogP contribution in [0.15, 0.2) is 24.3 Å². The van der Waals surface area contributed by atoms with Crippen LogP contribution in [0.2, 0.25) is 0 Å². The highest BCUT2D eigenvalue weighted by molar-refractivity contribution is 5.80. The quantitative estimate of drug-likeness (QED) is 0.848. The third kappa shape index (κ3) is 5.09. The van der Waals surface area contributed by atoms with Crippen LogP contribution in [-0.2, 0) is 22.4 Å². The first kappa shape index (κ1) is 18.9. The third-order valence-electron chi connectivity index (χ3n) is 5.89. The van der Waals surface area contributed by atoms with Gasteiger partial charge in [-0.3, -0.25) is 9.59 Å². The highest BCUT2D eigenvalue weighted by Crippen LogP contribution is 2.26. The molecule has 1 aliphatic heterocycles. The van der Waals surface area contributed by atoms with Crippen molar-refractivity contribution >= 4 is 11.8 Å². The van der Waals surface area contributed by atoms with E-state index in [1.54, 1.807) is 0 Å². The van der Waals surface area contributed by atoms with Gasteiger partial charge in [0.25, 0.3) is 0 Å². The fourth-order valence-electron chi connectivity index (χ4n) is 4.19. The molecular formula is C22H32N2O2. The Morgan fingerprint density at radius 3 is 2.42 bits per heavy atom. The van der Waals surface area contributed by atoms with Crippen LogP contribution in [0, 0.1) is 5.92 Å². The van der Waals surface area contributed by atoms with Gasteiger partial charge < -0.3 is 10.2 Å². The van der Waals surface area contributed by atoms with Crippen molar-refractivity contribution in [2.75, 3.05) is 13.1 Å². The second kappa shape index (κ2) is 9.20. The second-order valence-electron chi connectivity index (χ2n) is 7.84. The third-order valence-corrected chi connectivity index (χ3v) is 5.89. The number of amides is 2. The Labute approximate surface area is 157 Å². The highest BCUT2D eigenvalue weighted by atomic mass is 16.2. The molecule has 3 rings (SSSR count). The first-order valence-electron chi connectivity index (χ1n) is 10.3. The van der Waals surface area contributed by atoms with Crippen molar-refractivity contribution in [3.8, 4) is 0 Å². The van der Waals surface area contributed by atoms with Crippen LogP contribution in [0.4, 0.5) is 0 Å². The van der Waals surface area contributed by atoms with Gasteiger partial charge in [0.15, 0.2) is 0 Å². The normalized spacial score (nSPS) is 21.0. The summed E-state index contributed by atoms with van der Waals surface area (Å²) in [5.41, 5.74) is 2.53. The summed E-state index contributed by atoms with van der Waals surface area (Å²) in [4.78, 5) is 26.8. The molecule has 4 heteroatoms. The zero-order chi connectivity index (χ0) is 18.4. The summed E-state index contributed by atoms with van der Waals surface area (Å²) in [5.74, 6) is 0.642. The van der Waals surface area contributed by atoms with Crippen LogP contribution in [0.5, 0.6) is 0 Å². The number of carbonyl (C=O) groups is 2. The number of rotatable bonds is 6. The van der Waals surface area contributed by atoms with Gasteiger partial charge in [0.2, 0.25) is 11.8 Å². The summed E-state index contributed by atoms with van der Waals surface area (Å²) in [6.07, 6.45) is 8.93. The summed E-state index contributed by atoms with van der Waals surface area (Å²) in [6, 6.07) is 8.63. The number of hydrogen-bond donors (Lipinski definition) is 1. The number of aryl methyl sites for hydroxylation is 2. The molecule has 0 spiro atoms. The number of hydrogen-bond acceptors (Lipinski definition) is 2. The molecule has 1 saturated heterocycles. The van der Waals surface area contributed by atoms with Crippen LogP contribution in [0.3, 0.4) is 0 Å². The van der Waals surface area contributed by atoms with Gasteiger partial charge in [0.1, 0.15) is 0 Å². The lowest BCUT2D eigenvalue weighted by molar-refractivity contribution is -0.135. The van der Waals surface area contributed by atoms with Crippen molar-refractivity contribution in [3.05, 3.63) is 35.4 Å². The van der Waals surface area contributed by atoms with E-state index in [0.29, 0.717) is 18.9 Å². The Morgan fingerprint density at radius 1 is 1.04 bits per heavy atom. The average Bonchev–Trinajstić information content (AvgIpc) is 3.15. The van der Waals surface area contributed by atoms with Crippen molar-refractivity contribution in [2.45, 2.75) is 70.8 Å². The maximum absolute atomic E-state index is 12.6. The maximum Gasteiger partial charge on any atom is 0.225 e. The Morgan fingerprint density at radius 2 is 1.73 bits per heavy atom. The highest BCUT2D eigenvalue weighted by Gasteiger charge is 2.31. The first-order chi connectivity index (χ1) is 12.7. The lowest BCUT2D eigenvalue weighted by Gasteiger charge is -2.26. The van der Waals surface area contributed by atoms with Crippen molar-refractivity contribution < 1.29 is 9.59 Å². The smallest absolute Gasteiger partial charge is 0.225 e. The van der Waals surface area contributed by atoms with Gasteiger partial charge in [0.05, 0.1) is 0 Å². The van der Waals surface area contributed by atoms with Crippen LogP contribution in [0.25, 0.3) is 0 Å². The summed E-state index contributed by atoms with van der Waals surface area (Å²) in [6.45, 7) is 3.62. The molecule has 26 heavy (non-hydrogen) atoms. The Balaban J connectivity index is 1.40. The molecule has 1 heterocycles. The lowest BCUT2D eigenvalue weighted by atomic mass is 9.88. The van der Waals surface area contributed by atoms with E-state index in [-0.39, 0.29) is 17.9 Å². The number of likely N-dealkylation sites (tertiary alicyclic amines) is 1. The molecule has 2 aliphatic rings. The monoisotopic (exact) mass is 356 g/mol. The summed E-state index contributed by atoms with van der Waals surface area (Å²) in [7, 11) is 0. The Bertz CT molecular complexity index is 605. The molecule has 1 atom stereocenters. The van der Waals surface area contributed by atoms with Crippen molar-refractivity contribution in [3.63, 3.8) is 0 Å². The Kier molecular flexibility index (Phi) is 6.70. The lowest BCUT2D eigenvalue weighted by Crippen LogP contribution is -2.40. The molecule has 2 fully saturated rings. The molecule has 4 nitrogen and oxygen atoms in total. The SMILES string of the molecule is CCc1ccc(CCC(=O)NC2CCN(C(=O)C3CCCCC3)C2)cc1. The van der Waals surface area contributed by atoms with Crippen LogP contribution >= 0.6 is 0 Å². The van der Waals surface area contributed by atoms with Gasteiger partial charge in [-0.1, -0.05) is 50.5 Å². The van der Waals surface area contributed by atoms with E-state index >= 15 is 0 Å². The molecule has 1 unspecified atom stereocenters. The molecule has 1 N–H and O–H groups in total. The van der Waals surface area contributed by atoms with Gasteiger partial charge in [-0.25, -0.2) is 0 Å². The number of carbonyl (C=O) groups excluding carboxylic acids is 2. The molecule has 142 valence electrons. The molecule has 1 aromatic rings. The molecule has 1 aromatic carbocycles. The largest absolute Gasteiger partial charge is 0.352 e. The van der Waals surface area contributed by atoms with E-state index in [0.717, 1.165) is 38.6 Å². The van der Waals surface area contributed by atoms with Gasteiger partial charge >= 0.3 is 0 Å². The predicted molar refractivity (Wildman–Crippen MR) is 104 cm³/mol. The molecule has 1 aliphatic carbocycles. The van der Waals surface area contributed by atoms with E-state index in [1.807, 2.05) is 4.90 Å². The summed E-state index contributed by atoms with van der Waals surface area (Å²) < 4.78 is 0. The zero-order valence-corrected chi connectivity index (χ0v) is 16.0. The molecule has 0 aromatic heterocycles. The molecule has 1 saturated carbocycles. The predicted octanol–water partition coefficient (Wildman–Crippen LogP) is 3.48. The fraction of sp³-hybridized carbons (Fsp3) is 0.636. The standard InChI is InChI=1S/C22H32N2O2/c1-2-17-8-10-18(11-9-17)12-13-21(25)23-20-14-15-24(16-20)22(26)19-6-4-3-5-7-19/h8-11,19-20H,2-7,12-16H2,1H3,(H,23,25). The van der Waals surface area contributed by atoms with E-state index in [4.69, 9.17) is 0 Å². The number of benzene rings is 1. The van der Waals surface area contributed by atoms with Crippen molar-refractivity contribution in [1.29, 1.82) is 0 Å². The van der Waals surface area contributed by atoms with Gasteiger partial charge in [-0.05, 0) is 43.2 Å². The maximum atomic E-state index is 12.6. The average molecular weight is 357 g/mol.